The first-order valence-electron chi connectivity index (χ1n) is 16.3. The molecule has 3 N–H and O–H groups in total. The van der Waals surface area contributed by atoms with Crippen molar-refractivity contribution in [1.82, 2.24) is 14.9 Å². The number of imidazole rings is 1. The number of benzene rings is 2. The Balaban J connectivity index is 1.55. The summed E-state index contributed by atoms with van der Waals surface area (Å²) >= 11 is 1.62. The van der Waals surface area contributed by atoms with E-state index in [4.69, 9.17) is 19.2 Å². The third kappa shape index (κ3) is 7.34. The number of aromatic nitrogens is 2. The van der Waals surface area contributed by atoms with Crippen LogP contribution in [-0.2, 0) is 23.1 Å². The minimum absolute atomic E-state index is 0.209. The van der Waals surface area contributed by atoms with Gasteiger partial charge < -0.3 is 34.7 Å². The van der Waals surface area contributed by atoms with Crippen LogP contribution in [-0.4, -0.2) is 60.7 Å². The van der Waals surface area contributed by atoms with E-state index < -0.39 is 12.1 Å². The van der Waals surface area contributed by atoms with E-state index in [1.807, 2.05) is 43.6 Å². The number of methoxy groups -OCH3 is 3. The van der Waals surface area contributed by atoms with Crippen molar-refractivity contribution in [2.45, 2.75) is 58.0 Å². The topological polar surface area (TPSA) is 133 Å². The number of hydrogen-bond donors (Lipinski definition) is 3. The number of hydrogen-bond acceptors (Lipinski definition) is 9. The molecule has 49 heavy (non-hydrogen) atoms. The zero-order valence-corrected chi connectivity index (χ0v) is 30.2. The minimum Gasteiger partial charge on any atom is -0.493 e. The van der Waals surface area contributed by atoms with E-state index >= 15 is 0 Å². The minimum atomic E-state index is -0.703. The molecule has 2 unspecified atom stereocenters. The van der Waals surface area contributed by atoms with Gasteiger partial charge in [-0.25, -0.2) is 4.98 Å². The zero-order valence-electron chi connectivity index (χ0n) is 29.4. The summed E-state index contributed by atoms with van der Waals surface area (Å²) in [6.07, 6.45) is 3.60. The molecule has 2 atom stereocenters. The fourth-order valence-corrected chi connectivity index (χ4v) is 7.03. The van der Waals surface area contributed by atoms with Crippen LogP contribution in [0.1, 0.15) is 62.5 Å². The molecule has 0 bridgehead atoms. The van der Waals surface area contributed by atoms with Crippen LogP contribution in [0.15, 0.2) is 47.3 Å². The van der Waals surface area contributed by atoms with Crippen LogP contribution in [0.2, 0.25) is 0 Å². The molecule has 0 saturated heterocycles. The zero-order chi connectivity index (χ0) is 35.4. The van der Waals surface area contributed by atoms with Crippen LogP contribution in [0.3, 0.4) is 0 Å². The Morgan fingerprint density at radius 3 is 2.45 bits per heavy atom. The van der Waals surface area contributed by atoms with Gasteiger partial charge in [-0.15, -0.1) is 0 Å². The predicted octanol–water partition coefficient (Wildman–Crippen LogP) is 6.05. The molecule has 0 aliphatic heterocycles. The summed E-state index contributed by atoms with van der Waals surface area (Å²) in [5, 5.41) is 9.33. The van der Waals surface area contributed by atoms with E-state index in [-0.39, 0.29) is 28.8 Å². The Labute approximate surface area is 291 Å². The molecule has 1 heterocycles. The quantitative estimate of drug-likeness (QED) is 0.163. The number of nitrogens with zero attached hydrogens (tertiary/aromatic N) is 2. The van der Waals surface area contributed by atoms with Gasteiger partial charge in [0.1, 0.15) is 11.9 Å². The number of thioether (sulfide) groups is 1. The monoisotopic (exact) mass is 687 g/mol. The maximum atomic E-state index is 14.0. The van der Waals surface area contributed by atoms with Crippen molar-refractivity contribution < 1.29 is 23.8 Å². The van der Waals surface area contributed by atoms with Crippen molar-refractivity contribution in [2.24, 2.45) is 7.05 Å². The number of carbonyl (C=O) groups excluding carboxylic acids is 2. The van der Waals surface area contributed by atoms with E-state index in [1.165, 1.54) is 6.92 Å². The number of fused-ring (bicyclic) bond motifs is 4. The number of aryl methyl sites for hydroxylation is 2. The van der Waals surface area contributed by atoms with Crippen LogP contribution in [0.5, 0.6) is 17.2 Å². The van der Waals surface area contributed by atoms with Gasteiger partial charge in [0.05, 0.1) is 44.1 Å². The molecule has 2 amide bonds. The lowest BCUT2D eigenvalue weighted by Gasteiger charge is -2.19. The van der Waals surface area contributed by atoms with Crippen molar-refractivity contribution in [3.05, 3.63) is 69.6 Å². The second kappa shape index (κ2) is 15.2. The third-order valence-corrected chi connectivity index (χ3v) is 9.52. The molecular formula is C37H45N5O6S. The molecular weight excluding hydrogens is 643 g/mol. The van der Waals surface area contributed by atoms with Crippen LogP contribution in [0.4, 0.5) is 11.4 Å². The number of nitrogens with one attached hydrogen (secondary N) is 3. The number of carbonyl (C=O) groups is 2. The average molecular weight is 688 g/mol. The van der Waals surface area contributed by atoms with Gasteiger partial charge in [-0.05, 0) is 84.4 Å². The standard InChI is InChI=1S/C37H45N5O6S/c1-20(2)36-41-29-18-23(10-14-30(29)42(36)4)39-37(45)28(15-16-49-8)40-27-13-11-24-25(19-31(27)44)26(38-21(3)43)12-9-22-17-32(46-5)34(47-6)35(48-7)33(22)24/h10-11,13-14,17-20,26,28H,9,12,15-16H2,1-8H3,(H,38,43)(H,39,45)(H,40,44). The molecule has 1 aliphatic rings. The van der Waals surface area contributed by atoms with Gasteiger partial charge in [0.25, 0.3) is 0 Å². The van der Waals surface area contributed by atoms with Crippen LogP contribution < -0.4 is 35.6 Å². The van der Waals surface area contributed by atoms with Crippen LogP contribution in [0, 0.1) is 0 Å². The lowest BCUT2D eigenvalue weighted by molar-refractivity contribution is -0.120. The first kappa shape index (κ1) is 35.6. The lowest BCUT2D eigenvalue weighted by atomic mass is 9.95. The summed E-state index contributed by atoms with van der Waals surface area (Å²) in [6, 6.07) is 11.6. The Bertz CT molecular complexity index is 1940. The van der Waals surface area contributed by atoms with Crippen LogP contribution >= 0.6 is 11.8 Å². The van der Waals surface area contributed by atoms with Crippen molar-refractivity contribution in [3.8, 4) is 28.4 Å². The Hall–Kier alpha value is -4.71. The van der Waals surface area contributed by atoms with Gasteiger partial charge >= 0.3 is 0 Å². The number of ether oxygens (including phenoxy) is 3. The smallest absolute Gasteiger partial charge is 0.246 e. The summed E-state index contributed by atoms with van der Waals surface area (Å²) in [5.74, 6) is 2.87. The Morgan fingerprint density at radius 1 is 1.04 bits per heavy atom. The molecule has 260 valence electrons. The summed E-state index contributed by atoms with van der Waals surface area (Å²) in [5.41, 5.74) is 5.41. The fraction of sp³-hybridized carbons (Fsp3) is 0.405. The first-order chi connectivity index (χ1) is 23.5. The lowest BCUT2D eigenvalue weighted by Crippen LogP contribution is -2.36. The highest BCUT2D eigenvalue weighted by Gasteiger charge is 2.30. The normalized spacial score (nSPS) is 14.3. The van der Waals surface area contributed by atoms with Crippen molar-refractivity contribution >= 4 is 46.0 Å². The van der Waals surface area contributed by atoms with Crippen molar-refractivity contribution in [2.75, 3.05) is 44.0 Å². The van der Waals surface area contributed by atoms with Gasteiger partial charge in [0.15, 0.2) is 11.5 Å². The second-order valence-electron chi connectivity index (χ2n) is 12.5. The SMILES string of the molecule is COc1cc2c(c(OC)c1OC)-c1ccc(NC(CCSC)C(=O)Nc3ccc4c(c3)nc(C(C)C)n4C)c(=O)cc1C(NC(C)=O)CC2. The van der Waals surface area contributed by atoms with Gasteiger partial charge in [0.2, 0.25) is 23.0 Å². The largest absolute Gasteiger partial charge is 0.493 e. The molecule has 12 heteroatoms. The van der Waals surface area contributed by atoms with Gasteiger partial charge in [0, 0.05) is 31.1 Å². The van der Waals surface area contributed by atoms with E-state index in [2.05, 4.69) is 34.4 Å². The molecule has 0 radical (unpaired) electrons. The summed E-state index contributed by atoms with van der Waals surface area (Å²) in [4.78, 5) is 44.8. The maximum Gasteiger partial charge on any atom is 0.246 e. The highest BCUT2D eigenvalue weighted by atomic mass is 32.2. The highest BCUT2D eigenvalue weighted by Crippen LogP contribution is 2.50. The van der Waals surface area contributed by atoms with Gasteiger partial charge in [-0.2, -0.15) is 11.8 Å². The van der Waals surface area contributed by atoms with Crippen LogP contribution in [0.25, 0.3) is 22.2 Å². The fourth-order valence-electron chi connectivity index (χ4n) is 6.56. The first-order valence-corrected chi connectivity index (χ1v) is 17.7. The average Bonchev–Trinajstić information content (AvgIpc) is 3.23. The molecule has 3 aromatic carbocycles. The molecule has 1 aliphatic carbocycles. The maximum absolute atomic E-state index is 14.0. The number of anilines is 2. The van der Waals surface area contributed by atoms with Crippen molar-refractivity contribution in [3.63, 3.8) is 0 Å². The second-order valence-corrected chi connectivity index (χ2v) is 13.4. The highest BCUT2D eigenvalue weighted by molar-refractivity contribution is 7.98. The molecule has 4 aromatic rings. The Morgan fingerprint density at radius 2 is 1.80 bits per heavy atom. The molecule has 0 saturated carbocycles. The van der Waals surface area contributed by atoms with Gasteiger partial charge in [-0.3, -0.25) is 14.4 Å². The summed E-state index contributed by atoms with van der Waals surface area (Å²) < 4.78 is 19.3. The molecule has 0 spiro atoms. The third-order valence-electron chi connectivity index (χ3n) is 8.87. The number of amides is 2. The van der Waals surface area contributed by atoms with E-state index in [9.17, 15) is 14.4 Å². The van der Waals surface area contributed by atoms with E-state index in [0.717, 1.165) is 28.0 Å². The number of rotatable bonds is 12. The van der Waals surface area contributed by atoms with E-state index in [0.29, 0.717) is 59.1 Å². The van der Waals surface area contributed by atoms with E-state index in [1.54, 1.807) is 45.2 Å². The van der Waals surface area contributed by atoms with Gasteiger partial charge in [-0.1, -0.05) is 19.9 Å². The predicted molar refractivity (Wildman–Crippen MR) is 197 cm³/mol. The molecule has 0 fully saturated rings. The molecule has 5 rings (SSSR count). The molecule has 1 aromatic heterocycles. The Kier molecular flexibility index (Phi) is 11.1. The summed E-state index contributed by atoms with van der Waals surface area (Å²) in [6.45, 7) is 5.66. The molecule has 11 nitrogen and oxygen atoms in total. The van der Waals surface area contributed by atoms with Crippen molar-refractivity contribution in [1.29, 1.82) is 0 Å². The summed E-state index contributed by atoms with van der Waals surface area (Å²) in [7, 11) is 6.67.